The van der Waals surface area contributed by atoms with Crippen LogP contribution in [0.4, 0.5) is 13.2 Å². The van der Waals surface area contributed by atoms with Gasteiger partial charge in [0.25, 0.3) is 0 Å². The van der Waals surface area contributed by atoms with Crippen LogP contribution in [0.25, 0.3) is 0 Å². The zero-order valence-corrected chi connectivity index (χ0v) is 7.00. The Bertz CT molecular complexity index is 188. The van der Waals surface area contributed by atoms with Gasteiger partial charge in [-0.15, -0.1) is 0 Å². The highest BCUT2D eigenvalue weighted by atomic mass is 32.2. The maximum absolute atomic E-state index is 12.2. The minimum Gasteiger partial charge on any atom is -0.379 e. The second kappa shape index (κ2) is 3.16. The highest BCUT2D eigenvalue weighted by molar-refractivity contribution is 8.14. The summed E-state index contributed by atoms with van der Waals surface area (Å²) in [4.78, 5) is 0. The topological polar surface area (TPSA) is 49.9 Å². The summed E-state index contributed by atoms with van der Waals surface area (Å²) < 4.78 is 36.6. The normalized spacial score (nSPS) is 20.6. The smallest absolute Gasteiger partial charge is 0.379 e. The molecule has 0 aliphatic heterocycles. The lowest BCUT2D eigenvalue weighted by molar-refractivity contribution is -0.131. The predicted molar refractivity (Wildman–Crippen MR) is 42.1 cm³/mol. The summed E-state index contributed by atoms with van der Waals surface area (Å²) in [5.41, 5.74) is 4.90. The number of nitrogens with one attached hydrogen (secondary N) is 1. The van der Waals surface area contributed by atoms with Crippen LogP contribution in [0.15, 0.2) is 0 Å². The van der Waals surface area contributed by atoms with E-state index in [9.17, 15) is 13.2 Å². The number of hydrogen-bond acceptors (Lipinski definition) is 2. The summed E-state index contributed by atoms with van der Waals surface area (Å²) >= 11 is 0.413. The monoisotopic (exact) mass is 198 g/mol. The van der Waals surface area contributed by atoms with Crippen LogP contribution >= 0.6 is 11.8 Å². The minimum atomic E-state index is -4.22. The average molecular weight is 198 g/mol. The Morgan fingerprint density at radius 1 is 1.50 bits per heavy atom. The van der Waals surface area contributed by atoms with Crippen molar-refractivity contribution in [3.8, 4) is 0 Å². The minimum absolute atomic E-state index is 0.320. The molecule has 1 rings (SSSR count). The van der Waals surface area contributed by atoms with Gasteiger partial charge < -0.3 is 5.73 Å². The number of nitrogens with two attached hydrogens (primary N) is 1. The summed E-state index contributed by atoms with van der Waals surface area (Å²) in [5.74, 6) is -0.320. The van der Waals surface area contributed by atoms with Crippen molar-refractivity contribution in [1.82, 2.24) is 0 Å². The molecule has 12 heavy (non-hydrogen) atoms. The summed E-state index contributed by atoms with van der Waals surface area (Å²) in [5, 5.41) is 4.85. The Kier molecular flexibility index (Phi) is 2.55. The van der Waals surface area contributed by atoms with E-state index in [0.29, 0.717) is 24.6 Å². The molecule has 1 fully saturated rings. The van der Waals surface area contributed by atoms with Crippen LogP contribution in [0.5, 0.6) is 0 Å². The molecule has 0 radical (unpaired) electrons. The zero-order chi connectivity index (χ0) is 9.35. The molecule has 1 saturated carbocycles. The van der Waals surface area contributed by atoms with Crippen molar-refractivity contribution in [2.75, 3.05) is 0 Å². The number of halogens is 3. The lowest BCUT2D eigenvalue weighted by Crippen LogP contribution is -2.30. The zero-order valence-electron chi connectivity index (χ0n) is 6.19. The van der Waals surface area contributed by atoms with E-state index in [1.165, 1.54) is 0 Å². The van der Waals surface area contributed by atoms with E-state index in [1.54, 1.807) is 0 Å². The van der Waals surface area contributed by atoms with Crippen molar-refractivity contribution in [3.05, 3.63) is 0 Å². The predicted octanol–water partition coefficient (Wildman–Crippen LogP) is 1.95. The van der Waals surface area contributed by atoms with Crippen LogP contribution in [0, 0.1) is 11.3 Å². The number of thioether (sulfide) groups is 1. The van der Waals surface area contributed by atoms with Gasteiger partial charge in [-0.2, -0.15) is 13.2 Å². The third kappa shape index (κ3) is 2.58. The Labute approximate surface area is 72.2 Å². The van der Waals surface area contributed by atoms with Gasteiger partial charge in [-0.05, 0) is 18.8 Å². The molecule has 0 aromatic carbocycles. The second-order valence-electron chi connectivity index (χ2n) is 2.78. The first kappa shape index (κ1) is 9.70. The number of hydrogen-bond donors (Lipinski definition) is 2. The fourth-order valence-corrected chi connectivity index (χ4v) is 1.84. The van der Waals surface area contributed by atoms with E-state index in [-0.39, 0.29) is 5.92 Å². The van der Waals surface area contributed by atoms with Crippen molar-refractivity contribution in [1.29, 1.82) is 5.41 Å². The third-order valence-corrected chi connectivity index (χ3v) is 2.79. The molecular formula is C6H9F3N2S. The van der Waals surface area contributed by atoms with Gasteiger partial charge >= 0.3 is 6.18 Å². The molecule has 0 heterocycles. The van der Waals surface area contributed by atoms with Crippen molar-refractivity contribution in [2.24, 2.45) is 11.7 Å². The molecule has 0 aromatic heterocycles. The Morgan fingerprint density at radius 3 is 2.25 bits per heavy atom. The largest absolute Gasteiger partial charge is 0.401 e. The van der Waals surface area contributed by atoms with E-state index >= 15 is 0 Å². The molecule has 1 aliphatic carbocycles. The van der Waals surface area contributed by atoms with Crippen molar-refractivity contribution >= 4 is 16.9 Å². The van der Waals surface area contributed by atoms with E-state index < -0.39 is 16.6 Å². The van der Waals surface area contributed by atoms with E-state index in [1.807, 2.05) is 0 Å². The molecule has 0 bridgehead atoms. The molecule has 0 amide bonds. The Balaban J connectivity index is 2.54. The van der Waals surface area contributed by atoms with Crippen LogP contribution in [-0.2, 0) is 0 Å². The molecule has 1 atom stereocenters. The Hall–Kier alpha value is -0.390. The van der Waals surface area contributed by atoms with E-state index in [4.69, 9.17) is 11.1 Å². The maximum atomic E-state index is 12.2. The molecule has 1 unspecified atom stereocenters. The van der Waals surface area contributed by atoms with Crippen molar-refractivity contribution in [2.45, 2.75) is 24.3 Å². The molecule has 2 nitrogen and oxygen atoms in total. The quantitative estimate of drug-likeness (QED) is 0.526. The molecule has 70 valence electrons. The lowest BCUT2D eigenvalue weighted by Gasteiger charge is -2.17. The van der Waals surface area contributed by atoms with Gasteiger partial charge in [0.1, 0.15) is 5.25 Å². The highest BCUT2D eigenvalue weighted by Crippen LogP contribution is 2.46. The fraction of sp³-hybridized carbons (Fsp3) is 0.833. The fourth-order valence-electron chi connectivity index (χ4n) is 0.966. The first-order valence-electron chi connectivity index (χ1n) is 3.48. The third-order valence-electron chi connectivity index (χ3n) is 1.63. The van der Waals surface area contributed by atoms with Gasteiger partial charge in [0.05, 0.1) is 0 Å². The number of amidine groups is 1. The Morgan fingerprint density at radius 2 is 2.00 bits per heavy atom. The van der Waals surface area contributed by atoms with Gasteiger partial charge in [0, 0.05) is 0 Å². The van der Waals surface area contributed by atoms with Gasteiger partial charge in [-0.3, -0.25) is 5.41 Å². The number of rotatable bonds is 2. The van der Waals surface area contributed by atoms with Gasteiger partial charge in [-0.1, -0.05) is 11.8 Å². The van der Waals surface area contributed by atoms with Crippen LogP contribution in [0.1, 0.15) is 12.8 Å². The van der Waals surface area contributed by atoms with Crippen LogP contribution in [0.3, 0.4) is 0 Å². The summed E-state index contributed by atoms with van der Waals surface area (Å²) in [6.07, 6.45) is -3.02. The van der Waals surface area contributed by atoms with E-state index in [2.05, 4.69) is 0 Å². The highest BCUT2D eigenvalue weighted by Gasteiger charge is 2.49. The first-order chi connectivity index (χ1) is 5.41. The molecule has 3 N–H and O–H groups in total. The molecule has 1 aliphatic rings. The molecule has 0 saturated heterocycles. The first-order valence-corrected chi connectivity index (χ1v) is 4.36. The van der Waals surface area contributed by atoms with Crippen LogP contribution in [-0.4, -0.2) is 16.6 Å². The molecule has 0 spiro atoms. The molecular weight excluding hydrogens is 189 g/mol. The van der Waals surface area contributed by atoms with Crippen molar-refractivity contribution in [3.63, 3.8) is 0 Å². The summed E-state index contributed by atoms with van der Waals surface area (Å²) in [7, 11) is 0. The SMILES string of the molecule is N=C(N)SC(C1CC1)C(F)(F)F. The standard InChI is InChI=1S/C6H9F3N2S/c7-6(8,9)4(3-1-2-3)12-5(10)11/h3-4H,1-2H2,(H3,10,11). The summed E-state index contributed by atoms with van der Waals surface area (Å²) in [6, 6.07) is 0. The van der Waals surface area contributed by atoms with Crippen molar-refractivity contribution < 1.29 is 13.2 Å². The average Bonchev–Trinajstić information content (AvgIpc) is 2.60. The molecule has 0 aromatic rings. The number of alkyl halides is 3. The van der Waals surface area contributed by atoms with Gasteiger partial charge in [0.2, 0.25) is 0 Å². The maximum Gasteiger partial charge on any atom is 0.401 e. The van der Waals surface area contributed by atoms with Gasteiger partial charge in [0.15, 0.2) is 5.17 Å². The second-order valence-corrected chi connectivity index (χ2v) is 3.97. The van der Waals surface area contributed by atoms with Gasteiger partial charge in [-0.25, -0.2) is 0 Å². The summed E-state index contributed by atoms with van der Waals surface area (Å²) in [6.45, 7) is 0. The van der Waals surface area contributed by atoms with Crippen LogP contribution in [0.2, 0.25) is 0 Å². The lowest BCUT2D eigenvalue weighted by atomic mass is 10.3. The van der Waals surface area contributed by atoms with E-state index in [0.717, 1.165) is 0 Å². The van der Waals surface area contributed by atoms with Crippen LogP contribution < -0.4 is 5.73 Å². The molecule has 6 heteroatoms.